The summed E-state index contributed by atoms with van der Waals surface area (Å²) < 4.78 is 0. The number of amides is 1. The summed E-state index contributed by atoms with van der Waals surface area (Å²) in [6.45, 7) is 0.499. The van der Waals surface area contributed by atoms with E-state index in [-0.39, 0.29) is 6.04 Å². The molecule has 3 nitrogen and oxygen atoms in total. The van der Waals surface area contributed by atoms with Crippen LogP contribution in [0.15, 0.2) is 30.3 Å². The number of rotatable bonds is 4. The molecule has 0 aliphatic heterocycles. The maximum absolute atomic E-state index is 10.7. The Bertz CT molecular complexity index is 354. The third-order valence-electron chi connectivity index (χ3n) is 2.10. The molecule has 15 heavy (non-hydrogen) atoms. The highest BCUT2D eigenvalue weighted by Crippen LogP contribution is 2.11. The van der Waals surface area contributed by atoms with E-state index in [9.17, 15) is 4.79 Å². The van der Waals surface area contributed by atoms with Crippen LogP contribution >= 0.6 is 0 Å². The number of nitrogens with two attached hydrogens (primary N) is 1. The van der Waals surface area contributed by atoms with Crippen LogP contribution < -0.4 is 11.1 Å². The zero-order chi connectivity index (χ0) is 11.1. The molecule has 0 aliphatic rings. The molecule has 0 saturated carbocycles. The molecule has 1 aromatic rings. The number of hydrogen-bond acceptors (Lipinski definition) is 2. The smallest absolute Gasteiger partial charge is 0.295 e. The van der Waals surface area contributed by atoms with Gasteiger partial charge in [0.05, 0.1) is 0 Å². The molecule has 3 N–H and O–H groups in total. The number of hydrogen-bond donors (Lipinski definition) is 2. The zero-order valence-corrected chi connectivity index (χ0v) is 8.44. The molecule has 0 saturated heterocycles. The molecule has 78 valence electrons. The Morgan fingerprint density at radius 2 is 2.13 bits per heavy atom. The Hall–Kier alpha value is -1.79. The van der Waals surface area contributed by atoms with Gasteiger partial charge in [-0.05, 0) is 17.9 Å². The summed E-state index contributed by atoms with van der Waals surface area (Å²) in [5, 5.41) is 2.58. The van der Waals surface area contributed by atoms with Crippen molar-refractivity contribution in [2.45, 2.75) is 12.5 Å². The lowest BCUT2D eigenvalue weighted by Crippen LogP contribution is -2.25. The first kappa shape index (κ1) is 11.3. The quantitative estimate of drug-likeness (QED) is 0.710. The Balaban J connectivity index is 2.35. The van der Waals surface area contributed by atoms with Crippen molar-refractivity contribution in [3.63, 3.8) is 0 Å². The van der Waals surface area contributed by atoms with Crippen LogP contribution in [0.1, 0.15) is 18.0 Å². The minimum atomic E-state index is -0.393. The van der Waals surface area contributed by atoms with Crippen molar-refractivity contribution in [3.05, 3.63) is 35.9 Å². The third kappa shape index (κ3) is 3.84. The molecule has 1 unspecified atom stereocenters. The highest BCUT2D eigenvalue weighted by molar-refractivity contribution is 5.92. The SMILES string of the molecule is C#CC(=O)NCCC(N)c1ccccc1. The molecule has 0 heterocycles. The van der Waals surface area contributed by atoms with Gasteiger partial charge in [-0.1, -0.05) is 30.3 Å². The largest absolute Gasteiger partial charge is 0.345 e. The van der Waals surface area contributed by atoms with E-state index in [0.29, 0.717) is 13.0 Å². The first-order valence-corrected chi connectivity index (χ1v) is 4.79. The number of terminal acetylenes is 1. The lowest BCUT2D eigenvalue weighted by molar-refractivity contribution is -0.115. The summed E-state index contributed by atoms with van der Waals surface area (Å²) in [5.74, 6) is 1.59. The van der Waals surface area contributed by atoms with Crippen molar-refractivity contribution in [1.29, 1.82) is 0 Å². The molecule has 0 fully saturated rings. The van der Waals surface area contributed by atoms with Gasteiger partial charge in [-0.3, -0.25) is 4.79 Å². The van der Waals surface area contributed by atoms with E-state index in [4.69, 9.17) is 12.2 Å². The average molecular weight is 202 g/mol. The summed E-state index contributed by atoms with van der Waals surface area (Å²) in [5.41, 5.74) is 6.98. The van der Waals surface area contributed by atoms with Crippen molar-refractivity contribution in [2.24, 2.45) is 5.73 Å². The van der Waals surface area contributed by atoms with Gasteiger partial charge in [0.15, 0.2) is 0 Å². The molecule has 0 radical (unpaired) electrons. The lowest BCUT2D eigenvalue weighted by atomic mass is 10.1. The standard InChI is InChI=1S/C12H14N2O/c1-2-12(15)14-9-8-11(13)10-6-4-3-5-7-10/h1,3-7,11H,8-9,13H2,(H,14,15). The predicted molar refractivity (Wildman–Crippen MR) is 59.8 cm³/mol. The van der Waals surface area contributed by atoms with Crippen molar-refractivity contribution >= 4 is 5.91 Å². The topological polar surface area (TPSA) is 55.1 Å². The second kappa shape index (κ2) is 5.84. The summed E-state index contributed by atoms with van der Waals surface area (Å²) in [6.07, 6.45) is 5.58. The zero-order valence-electron chi connectivity index (χ0n) is 8.44. The monoisotopic (exact) mass is 202 g/mol. The third-order valence-corrected chi connectivity index (χ3v) is 2.10. The fourth-order valence-corrected chi connectivity index (χ4v) is 1.26. The number of carbonyl (C=O) groups is 1. The van der Waals surface area contributed by atoms with Gasteiger partial charge in [0.1, 0.15) is 0 Å². The Labute approximate surface area is 89.7 Å². The van der Waals surface area contributed by atoms with Gasteiger partial charge in [-0.25, -0.2) is 0 Å². The Morgan fingerprint density at radius 1 is 1.47 bits per heavy atom. The first-order chi connectivity index (χ1) is 7.24. The van der Waals surface area contributed by atoms with Gasteiger partial charge in [0, 0.05) is 12.6 Å². The van der Waals surface area contributed by atoms with Gasteiger partial charge in [0.25, 0.3) is 5.91 Å². The highest BCUT2D eigenvalue weighted by atomic mass is 16.1. The minimum Gasteiger partial charge on any atom is -0.345 e. The van der Waals surface area contributed by atoms with Crippen LogP contribution in [0.3, 0.4) is 0 Å². The molecule has 0 aliphatic carbocycles. The normalized spacial score (nSPS) is 11.5. The van der Waals surface area contributed by atoms with E-state index in [1.807, 2.05) is 36.3 Å². The van der Waals surface area contributed by atoms with Gasteiger partial charge >= 0.3 is 0 Å². The molecular weight excluding hydrogens is 188 g/mol. The van der Waals surface area contributed by atoms with Crippen LogP contribution in [0.5, 0.6) is 0 Å². The summed E-state index contributed by atoms with van der Waals surface area (Å²) in [6, 6.07) is 9.69. The van der Waals surface area contributed by atoms with Crippen LogP contribution in [0.2, 0.25) is 0 Å². The van der Waals surface area contributed by atoms with Crippen LogP contribution in [0.4, 0.5) is 0 Å². The van der Waals surface area contributed by atoms with E-state index in [2.05, 4.69) is 5.32 Å². The maximum atomic E-state index is 10.7. The van der Waals surface area contributed by atoms with E-state index in [1.165, 1.54) is 0 Å². The fourth-order valence-electron chi connectivity index (χ4n) is 1.26. The van der Waals surface area contributed by atoms with Crippen molar-refractivity contribution in [3.8, 4) is 12.3 Å². The first-order valence-electron chi connectivity index (χ1n) is 4.79. The minimum absolute atomic E-state index is 0.0655. The van der Waals surface area contributed by atoms with Crippen molar-refractivity contribution in [2.75, 3.05) is 6.54 Å². The molecule has 1 rings (SSSR count). The summed E-state index contributed by atoms with van der Waals surface area (Å²) >= 11 is 0. The molecule has 0 aromatic heterocycles. The van der Waals surface area contributed by atoms with Crippen LogP contribution in [0.25, 0.3) is 0 Å². The van der Waals surface area contributed by atoms with Crippen LogP contribution in [0, 0.1) is 12.3 Å². The molecule has 1 atom stereocenters. The fraction of sp³-hybridized carbons (Fsp3) is 0.250. The van der Waals surface area contributed by atoms with Crippen molar-refractivity contribution < 1.29 is 4.79 Å². The van der Waals surface area contributed by atoms with Crippen LogP contribution in [-0.2, 0) is 4.79 Å². The Morgan fingerprint density at radius 3 is 2.73 bits per heavy atom. The second-order valence-corrected chi connectivity index (χ2v) is 3.21. The molecule has 1 aromatic carbocycles. The van der Waals surface area contributed by atoms with Gasteiger partial charge in [-0.15, -0.1) is 6.42 Å². The van der Waals surface area contributed by atoms with Crippen molar-refractivity contribution in [1.82, 2.24) is 5.32 Å². The number of nitrogens with one attached hydrogen (secondary N) is 1. The molecular formula is C12H14N2O. The molecule has 0 spiro atoms. The lowest BCUT2D eigenvalue weighted by Gasteiger charge is -2.11. The average Bonchev–Trinajstić information content (AvgIpc) is 2.29. The summed E-state index contributed by atoms with van der Waals surface area (Å²) in [4.78, 5) is 10.7. The number of carbonyl (C=O) groups excluding carboxylic acids is 1. The molecule has 1 amide bonds. The van der Waals surface area contributed by atoms with Crippen LogP contribution in [-0.4, -0.2) is 12.5 Å². The van der Waals surface area contributed by atoms with E-state index in [1.54, 1.807) is 0 Å². The molecule has 3 heteroatoms. The van der Waals surface area contributed by atoms with Gasteiger partial charge in [-0.2, -0.15) is 0 Å². The molecule has 0 bridgehead atoms. The maximum Gasteiger partial charge on any atom is 0.295 e. The second-order valence-electron chi connectivity index (χ2n) is 3.21. The number of benzene rings is 1. The predicted octanol–water partition coefficient (Wildman–Crippen LogP) is 0.826. The van der Waals surface area contributed by atoms with Gasteiger partial charge < -0.3 is 11.1 Å². The Kier molecular flexibility index (Phi) is 4.39. The summed E-state index contributed by atoms with van der Waals surface area (Å²) in [7, 11) is 0. The van der Waals surface area contributed by atoms with E-state index < -0.39 is 5.91 Å². The highest BCUT2D eigenvalue weighted by Gasteiger charge is 2.04. The van der Waals surface area contributed by atoms with E-state index in [0.717, 1.165) is 5.56 Å². The van der Waals surface area contributed by atoms with E-state index >= 15 is 0 Å². The van der Waals surface area contributed by atoms with Gasteiger partial charge in [0.2, 0.25) is 0 Å².